The highest BCUT2D eigenvalue weighted by Crippen LogP contribution is 2.37. The Morgan fingerprint density at radius 2 is 2.15 bits per heavy atom. The van der Waals surface area contributed by atoms with E-state index in [1.165, 1.54) is 36.3 Å². The standard InChI is InChI=1S/C16H23FN2S/c1-19-8-2-3-13(6-9-19)18-15-7-10-20-16-5-4-12(17)11-14(15)16/h4-5,11,13,15,18H,2-3,6-10H2,1H3. The van der Waals surface area contributed by atoms with Gasteiger partial charge in [-0.15, -0.1) is 11.8 Å². The minimum Gasteiger partial charge on any atom is -0.307 e. The number of fused-ring (bicyclic) bond motifs is 1. The second-order valence-electron chi connectivity index (χ2n) is 5.97. The van der Waals surface area contributed by atoms with Gasteiger partial charge in [-0.05, 0) is 75.3 Å². The Hall–Kier alpha value is -0.580. The summed E-state index contributed by atoms with van der Waals surface area (Å²) < 4.78 is 13.5. The van der Waals surface area contributed by atoms with E-state index in [0.29, 0.717) is 12.1 Å². The van der Waals surface area contributed by atoms with Crippen molar-refractivity contribution in [2.24, 2.45) is 0 Å². The van der Waals surface area contributed by atoms with Gasteiger partial charge in [-0.25, -0.2) is 4.39 Å². The number of nitrogens with zero attached hydrogens (tertiary/aromatic N) is 1. The first-order valence-corrected chi connectivity index (χ1v) is 8.58. The molecule has 1 aromatic carbocycles. The SMILES string of the molecule is CN1CCCC(NC2CCSc3ccc(F)cc32)CC1. The van der Waals surface area contributed by atoms with Crippen molar-refractivity contribution in [2.75, 3.05) is 25.9 Å². The van der Waals surface area contributed by atoms with Gasteiger partial charge in [0.15, 0.2) is 0 Å². The largest absolute Gasteiger partial charge is 0.307 e. The summed E-state index contributed by atoms with van der Waals surface area (Å²) in [5.74, 6) is 1.02. The Bertz CT molecular complexity index is 466. The van der Waals surface area contributed by atoms with E-state index < -0.39 is 0 Å². The van der Waals surface area contributed by atoms with Crippen LogP contribution in [0.15, 0.2) is 23.1 Å². The highest BCUT2D eigenvalue weighted by Gasteiger charge is 2.24. The van der Waals surface area contributed by atoms with E-state index in [4.69, 9.17) is 0 Å². The van der Waals surface area contributed by atoms with E-state index in [-0.39, 0.29) is 5.82 Å². The van der Waals surface area contributed by atoms with Crippen LogP contribution in [0.2, 0.25) is 0 Å². The smallest absolute Gasteiger partial charge is 0.123 e. The van der Waals surface area contributed by atoms with Gasteiger partial charge in [0.1, 0.15) is 5.82 Å². The van der Waals surface area contributed by atoms with Crippen molar-refractivity contribution >= 4 is 11.8 Å². The summed E-state index contributed by atoms with van der Waals surface area (Å²) in [6.07, 6.45) is 4.79. The molecule has 2 nitrogen and oxygen atoms in total. The van der Waals surface area contributed by atoms with Crippen molar-refractivity contribution in [1.29, 1.82) is 0 Å². The van der Waals surface area contributed by atoms with E-state index in [1.54, 1.807) is 12.1 Å². The molecule has 0 radical (unpaired) electrons. The zero-order valence-corrected chi connectivity index (χ0v) is 12.9. The normalized spacial score (nSPS) is 27.9. The van der Waals surface area contributed by atoms with Crippen molar-refractivity contribution in [3.63, 3.8) is 0 Å². The van der Waals surface area contributed by atoms with Gasteiger partial charge in [-0.3, -0.25) is 0 Å². The van der Waals surface area contributed by atoms with Gasteiger partial charge in [-0.1, -0.05) is 0 Å². The summed E-state index contributed by atoms with van der Waals surface area (Å²) in [6, 6.07) is 6.14. The first-order chi connectivity index (χ1) is 9.72. The Kier molecular flexibility index (Phi) is 4.64. The third kappa shape index (κ3) is 3.35. The zero-order valence-electron chi connectivity index (χ0n) is 12.1. The molecule has 110 valence electrons. The average molecular weight is 294 g/mol. The van der Waals surface area contributed by atoms with Crippen LogP contribution in [0.25, 0.3) is 0 Å². The molecule has 3 rings (SSSR count). The maximum Gasteiger partial charge on any atom is 0.123 e. The molecule has 1 fully saturated rings. The fraction of sp³-hybridized carbons (Fsp3) is 0.625. The van der Waals surface area contributed by atoms with E-state index in [9.17, 15) is 4.39 Å². The molecule has 2 atom stereocenters. The second-order valence-corrected chi connectivity index (χ2v) is 7.11. The molecule has 0 bridgehead atoms. The first kappa shape index (κ1) is 14.4. The predicted molar refractivity (Wildman–Crippen MR) is 82.8 cm³/mol. The van der Waals surface area contributed by atoms with Crippen LogP contribution in [0.3, 0.4) is 0 Å². The number of hydrogen-bond donors (Lipinski definition) is 1. The molecule has 0 aromatic heterocycles. The number of likely N-dealkylation sites (tertiary alicyclic amines) is 1. The number of nitrogens with one attached hydrogen (secondary N) is 1. The summed E-state index contributed by atoms with van der Waals surface area (Å²) in [7, 11) is 2.20. The predicted octanol–water partition coefficient (Wildman–Crippen LogP) is 3.44. The molecule has 2 unspecified atom stereocenters. The molecule has 4 heteroatoms. The van der Waals surface area contributed by atoms with Crippen LogP contribution >= 0.6 is 11.8 Å². The first-order valence-electron chi connectivity index (χ1n) is 7.59. The minimum atomic E-state index is -0.112. The molecule has 1 aromatic rings. The fourth-order valence-electron chi connectivity index (χ4n) is 3.23. The van der Waals surface area contributed by atoms with Gasteiger partial charge in [-0.2, -0.15) is 0 Å². The molecule has 0 saturated carbocycles. The third-order valence-electron chi connectivity index (χ3n) is 4.40. The fourth-order valence-corrected chi connectivity index (χ4v) is 4.34. The van der Waals surface area contributed by atoms with Crippen LogP contribution in [0.5, 0.6) is 0 Å². The summed E-state index contributed by atoms with van der Waals surface area (Å²) in [5, 5.41) is 3.80. The summed E-state index contributed by atoms with van der Waals surface area (Å²) >= 11 is 1.85. The Morgan fingerprint density at radius 1 is 1.25 bits per heavy atom. The topological polar surface area (TPSA) is 15.3 Å². The Labute approximate surface area is 125 Å². The van der Waals surface area contributed by atoms with Gasteiger partial charge in [0, 0.05) is 17.0 Å². The zero-order chi connectivity index (χ0) is 13.9. The van der Waals surface area contributed by atoms with Gasteiger partial charge in [0.25, 0.3) is 0 Å². The maximum atomic E-state index is 13.5. The molecule has 1 saturated heterocycles. The quantitative estimate of drug-likeness (QED) is 0.899. The number of rotatable bonds is 2. The molecular weight excluding hydrogens is 271 g/mol. The molecule has 2 aliphatic rings. The molecular formula is C16H23FN2S. The summed E-state index contributed by atoms with van der Waals surface area (Å²) in [5.41, 5.74) is 1.17. The molecule has 0 aliphatic carbocycles. The summed E-state index contributed by atoms with van der Waals surface area (Å²) in [4.78, 5) is 3.66. The highest BCUT2D eigenvalue weighted by atomic mass is 32.2. The van der Waals surface area contributed by atoms with Crippen LogP contribution in [0, 0.1) is 5.82 Å². The van der Waals surface area contributed by atoms with Crippen molar-refractivity contribution in [3.05, 3.63) is 29.6 Å². The van der Waals surface area contributed by atoms with E-state index in [1.807, 2.05) is 17.8 Å². The third-order valence-corrected chi connectivity index (χ3v) is 5.52. The van der Waals surface area contributed by atoms with Crippen molar-refractivity contribution < 1.29 is 4.39 Å². The molecule has 20 heavy (non-hydrogen) atoms. The van der Waals surface area contributed by atoms with Gasteiger partial charge < -0.3 is 10.2 Å². The van der Waals surface area contributed by atoms with E-state index in [2.05, 4.69) is 17.3 Å². The summed E-state index contributed by atoms with van der Waals surface area (Å²) in [6.45, 7) is 2.36. The van der Waals surface area contributed by atoms with Gasteiger partial charge in [0.2, 0.25) is 0 Å². The average Bonchev–Trinajstić information content (AvgIpc) is 2.64. The number of benzene rings is 1. The van der Waals surface area contributed by atoms with Crippen molar-refractivity contribution in [1.82, 2.24) is 10.2 Å². The highest BCUT2D eigenvalue weighted by molar-refractivity contribution is 7.99. The monoisotopic (exact) mass is 294 g/mol. The Morgan fingerprint density at radius 3 is 3.05 bits per heavy atom. The molecule has 2 aliphatic heterocycles. The molecule has 0 spiro atoms. The molecule has 0 amide bonds. The van der Waals surface area contributed by atoms with Gasteiger partial charge >= 0.3 is 0 Å². The lowest BCUT2D eigenvalue weighted by molar-refractivity contribution is 0.337. The second kappa shape index (κ2) is 6.46. The van der Waals surface area contributed by atoms with Crippen LogP contribution in [-0.2, 0) is 0 Å². The molecule has 1 N–H and O–H groups in total. The number of halogens is 1. The minimum absolute atomic E-state index is 0.112. The van der Waals surface area contributed by atoms with E-state index >= 15 is 0 Å². The van der Waals surface area contributed by atoms with Crippen LogP contribution in [0.1, 0.15) is 37.3 Å². The van der Waals surface area contributed by atoms with Crippen LogP contribution in [-0.4, -0.2) is 36.8 Å². The maximum absolute atomic E-state index is 13.5. The lowest BCUT2D eigenvalue weighted by Gasteiger charge is -2.30. The number of hydrogen-bond acceptors (Lipinski definition) is 3. The van der Waals surface area contributed by atoms with Crippen LogP contribution < -0.4 is 5.32 Å². The lowest BCUT2D eigenvalue weighted by Crippen LogP contribution is -2.35. The van der Waals surface area contributed by atoms with E-state index in [0.717, 1.165) is 18.7 Å². The van der Waals surface area contributed by atoms with Gasteiger partial charge in [0.05, 0.1) is 0 Å². The Balaban J connectivity index is 1.71. The lowest BCUT2D eigenvalue weighted by atomic mass is 10.0. The van der Waals surface area contributed by atoms with Crippen molar-refractivity contribution in [3.8, 4) is 0 Å². The molecule has 2 heterocycles. The van der Waals surface area contributed by atoms with Crippen molar-refractivity contribution in [2.45, 2.75) is 42.7 Å². The number of thioether (sulfide) groups is 1. The van der Waals surface area contributed by atoms with Crippen LogP contribution in [0.4, 0.5) is 4.39 Å².